The van der Waals surface area contributed by atoms with Crippen molar-refractivity contribution in [1.82, 2.24) is 20.4 Å². The summed E-state index contributed by atoms with van der Waals surface area (Å²) in [5.41, 5.74) is 0.00997. The zero-order valence-electron chi connectivity index (χ0n) is 14.0. The Hall–Kier alpha value is -3.18. The quantitative estimate of drug-likeness (QED) is 0.670. The van der Waals surface area contributed by atoms with Crippen LogP contribution in [0, 0.1) is 5.82 Å². The van der Waals surface area contributed by atoms with Gasteiger partial charge in [-0.1, -0.05) is 11.2 Å². The van der Waals surface area contributed by atoms with Gasteiger partial charge in [0, 0.05) is 6.20 Å². The number of sulfonamides is 1. The van der Waals surface area contributed by atoms with Gasteiger partial charge in [-0.05, 0) is 37.3 Å². The number of hydrogen-bond donors (Lipinski definition) is 2. The lowest BCUT2D eigenvalue weighted by atomic mass is 10.2. The topological polar surface area (TPSA) is 141 Å². The summed E-state index contributed by atoms with van der Waals surface area (Å²) in [7, 11) is -4.08. The molecule has 1 aromatic carbocycles. The second-order valence-corrected chi connectivity index (χ2v) is 7.11. The first-order valence-electron chi connectivity index (χ1n) is 7.64. The molecule has 0 aliphatic carbocycles. The number of hydrogen-bond acceptors (Lipinski definition) is 7. The third kappa shape index (κ3) is 4.15. The lowest BCUT2D eigenvalue weighted by Gasteiger charge is -2.11. The molecule has 9 nitrogen and oxygen atoms in total. The maximum atomic E-state index is 13.9. The molecule has 1 amide bonds. The molecule has 0 aliphatic rings. The summed E-state index contributed by atoms with van der Waals surface area (Å²) < 4.78 is 41.8. The average molecular weight is 391 g/mol. The molecule has 140 valence electrons. The van der Waals surface area contributed by atoms with E-state index in [1.54, 1.807) is 31.3 Å². The molecule has 3 rings (SSSR count). The van der Waals surface area contributed by atoms with E-state index in [0.29, 0.717) is 5.69 Å². The van der Waals surface area contributed by atoms with Gasteiger partial charge < -0.3 is 9.84 Å². The molecule has 0 bridgehead atoms. The molecule has 0 spiro atoms. The number of amides is 1. The third-order valence-corrected chi connectivity index (χ3v) is 4.48. The van der Waals surface area contributed by atoms with Gasteiger partial charge in [0.1, 0.15) is 17.6 Å². The average Bonchev–Trinajstić information content (AvgIpc) is 3.12. The number of nitrogens with zero attached hydrogens (tertiary/aromatic N) is 3. The van der Waals surface area contributed by atoms with Crippen molar-refractivity contribution < 1.29 is 22.1 Å². The predicted octanol–water partition coefficient (Wildman–Crippen LogP) is 1.41. The Morgan fingerprint density at radius 1 is 1.30 bits per heavy atom. The number of carbonyl (C=O) groups excluding carboxylic acids is 1. The molecule has 3 aromatic rings. The van der Waals surface area contributed by atoms with E-state index in [1.807, 2.05) is 0 Å². The van der Waals surface area contributed by atoms with Crippen LogP contribution in [0.25, 0.3) is 11.5 Å². The molecule has 3 N–H and O–H groups in total. The lowest BCUT2D eigenvalue weighted by molar-refractivity contribution is 0.0928. The Morgan fingerprint density at radius 2 is 2.07 bits per heavy atom. The second-order valence-electron chi connectivity index (χ2n) is 5.55. The van der Waals surface area contributed by atoms with Gasteiger partial charge in [0.2, 0.25) is 21.7 Å². The molecule has 0 saturated heterocycles. The summed E-state index contributed by atoms with van der Waals surface area (Å²) >= 11 is 0. The van der Waals surface area contributed by atoms with E-state index >= 15 is 0 Å². The van der Waals surface area contributed by atoms with Crippen LogP contribution in [0.2, 0.25) is 0 Å². The second kappa shape index (κ2) is 7.21. The number of benzene rings is 1. The van der Waals surface area contributed by atoms with Gasteiger partial charge in [0.05, 0.1) is 10.5 Å². The number of rotatable bonds is 5. The van der Waals surface area contributed by atoms with E-state index in [0.717, 1.165) is 18.2 Å². The molecular weight excluding hydrogens is 377 g/mol. The normalized spacial score (nSPS) is 12.6. The van der Waals surface area contributed by atoms with E-state index in [1.165, 1.54) is 0 Å². The largest absolute Gasteiger partial charge is 0.340 e. The van der Waals surface area contributed by atoms with Crippen LogP contribution in [0.15, 0.2) is 52.0 Å². The number of primary sulfonamides is 1. The fraction of sp³-hybridized carbons (Fsp3) is 0.125. The van der Waals surface area contributed by atoms with Crippen LogP contribution in [-0.4, -0.2) is 29.4 Å². The van der Waals surface area contributed by atoms with Crippen molar-refractivity contribution in [2.45, 2.75) is 17.9 Å². The summed E-state index contributed by atoms with van der Waals surface area (Å²) in [6.45, 7) is 1.55. The Kier molecular flexibility index (Phi) is 4.97. The zero-order chi connectivity index (χ0) is 19.6. The van der Waals surface area contributed by atoms with E-state index in [2.05, 4.69) is 20.4 Å². The van der Waals surface area contributed by atoms with Gasteiger partial charge in [-0.15, -0.1) is 0 Å². The van der Waals surface area contributed by atoms with E-state index in [4.69, 9.17) is 9.66 Å². The molecule has 0 unspecified atom stereocenters. The molecule has 27 heavy (non-hydrogen) atoms. The minimum atomic E-state index is -4.08. The van der Waals surface area contributed by atoms with Gasteiger partial charge in [-0.3, -0.25) is 9.78 Å². The first-order valence-corrected chi connectivity index (χ1v) is 9.18. The molecule has 11 heteroatoms. The molecule has 1 atom stereocenters. The summed E-state index contributed by atoms with van der Waals surface area (Å²) in [5, 5.41) is 11.3. The van der Waals surface area contributed by atoms with Crippen molar-refractivity contribution in [2.75, 3.05) is 0 Å². The minimum absolute atomic E-state index is 0.0759. The van der Waals surface area contributed by atoms with Crippen molar-refractivity contribution >= 4 is 15.9 Å². The van der Waals surface area contributed by atoms with Crippen LogP contribution >= 0.6 is 0 Å². The van der Waals surface area contributed by atoms with Gasteiger partial charge in [0.15, 0.2) is 0 Å². The van der Waals surface area contributed by atoms with E-state index in [-0.39, 0.29) is 16.6 Å². The van der Waals surface area contributed by atoms with Crippen molar-refractivity contribution in [2.24, 2.45) is 5.14 Å². The van der Waals surface area contributed by atoms with Gasteiger partial charge in [-0.25, -0.2) is 17.9 Å². The third-order valence-electron chi connectivity index (χ3n) is 3.56. The van der Waals surface area contributed by atoms with Crippen LogP contribution in [-0.2, 0) is 10.0 Å². The van der Waals surface area contributed by atoms with Crippen molar-refractivity contribution in [3.8, 4) is 11.5 Å². The molecule has 0 saturated carbocycles. The van der Waals surface area contributed by atoms with E-state index in [9.17, 15) is 17.6 Å². The number of nitrogens with one attached hydrogen (secondary N) is 1. The summed E-state index contributed by atoms with van der Waals surface area (Å²) in [6, 6.07) is 7.10. The Labute approximate surface area is 153 Å². The minimum Gasteiger partial charge on any atom is -0.340 e. The van der Waals surface area contributed by atoms with Crippen molar-refractivity contribution in [1.29, 1.82) is 0 Å². The Bertz CT molecular complexity index is 1090. The van der Waals surface area contributed by atoms with Crippen LogP contribution in [0.1, 0.15) is 29.2 Å². The molecule has 2 heterocycles. The first-order chi connectivity index (χ1) is 12.8. The highest BCUT2D eigenvalue weighted by molar-refractivity contribution is 7.89. The predicted molar refractivity (Wildman–Crippen MR) is 91.2 cm³/mol. The Balaban J connectivity index is 1.80. The number of pyridine rings is 1. The van der Waals surface area contributed by atoms with Crippen LogP contribution in [0.5, 0.6) is 0 Å². The molecule has 0 fully saturated rings. The highest BCUT2D eigenvalue weighted by Gasteiger charge is 2.22. The highest BCUT2D eigenvalue weighted by Crippen LogP contribution is 2.18. The summed E-state index contributed by atoms with van der Waals surface area (Å²) in [6.07, 6.45) is 1.57. The van der Waals surface area contributed by atoms with Crippen LogP contribution in [0.3, 0.4) is 0 Å². The summed E-state index contributed by atoms with van der Waals surface area (Å²) in [5.74, 6) is -1.45. The van der Waals surface area contributed by atoms with Gasteiger partial charge in [-0.2, -0.15) is 4.98 Å². The lowest BCUT2D eigenvalue weighted by Crippen LogP contribution is -2.28. The molecule has 2 aromatic heterocycles. The number of carbonyl (C=O) groups is 1. The zero-order valence-corrected chi connectivity index (χ0v) is 14.8. The molecular formula is C16H14FN5O4S. The fourth-order valence-corrected chi connectivity index (χ4v) is 2.74. The monoisotopic (exact) mass is 391 g/mol. The van der Waals surface area contributed by atoms with Gasteiger partial charge >= 0.3 is 0 Å². The fourth-order valence-electron chi connectivity index (χ4n) is 2.20. The maximum absolute atomic E-state index is 13.9. The first kappa shape index (κ1) is 18.6. The number of aromatic nitrogens is 3. The van der Waals surface area contributed by atoms with Crippen LogP contribution < -0.4 is 10.5 Å². The summed E-state index contributed by atoms with van der Waals surface area (Å²) in [4.78, 5) is 20.2. The van der Waals surface area contributed by atoms with Crippen molar-refractivity contribution in [3.63, 3.8) is 0 Å². The standard InChI is InChI=1S/C16H14FN5O4S/c1-9(16-21-14(22-26-16)13-4-2-3-7-19-13)20-15(23)11-8-10(27(18,24)25)5-6-12(11)17/h2-9H,1H3,(H,20,23)(H2,18,24,25)/t9-/m1/s1. The Morgan fingerprint density at radius 3 is 2.74 bits per heavy atom. The highest BCUT2D eigenvalue weighted by atomic mass is 32.2. The maximum Gasteiger partial charge on any atom is 0.254 e. The van der Waals surface area contributed by atoms with Gasteiger partial charge in [0.25, 0.3) is 5.91 Å². The molecule has 0 aliphatic heterocycles. The van der Waals surface area contributed by atoms with Crippen molar-refractivity contribution in [3.05, 3.63) is 59.9 Å². The number of halogens is 1. The number of nitrogens with two attached hydrogens (primary N) is 1. The smallest absolute Gasteiger partial charge is 0.254 e. The molecule has 0 radical (unpaired) electrons. The SMILES string of the molecule is C[C@@H](NC(=O)c1cc(S(N)(=O)=O)ccc1F)c1nc(-c2ccccn2)no1. The van der Waals surface area contributed by atoms with Crippen LogP contribution in [0.4, 0.5) is 4.39 Å². The van der Waals surface area contributed by atoms with E-state index < -0.39 is 33.4 Å².